The molecule has 0 unspecified atom stereocenters. The Labute approximate surface area is 225 Å². The third-order valence-electron chi connectivity index (χ3n) is 6.92. The summed E-state index contributed by atoms with van der Waals surface area (Å²) in [5, 5.41) is 7.00. The van der Waals surface area contributed by atoms with Crippen molar-refractivity contribution in [3.05, 3.63) is 76.1 Å². The summed E-state index contributed by atoms with van der Waals surface area (Å²) in [4.78, 5) is 17.6. The number of anilines is 1. The molecule has 0 radical (unpaired) electrons. The smallest absolute Gasteiger partial charge is 0.254 e. The quantitative estimate of drug-likeness (QED) is 0.245. The second-order valence-corrected chi connectivity index (χ2v) is 10.8. The maximum atomic E-state index is 13.6. The van der Waals surface area contributed by atoms with Crippen LogP contribution in [0.3, 0.4) is 0 Å². The molecule has 5 nitrogen and oxygen atoms in total. The summed E-state index contributed by atoms with van der Waals surface area (Å²) in [6.45, 7) is 7.53. The summed E-state index contributed by atoms with van der Waals surface area (Å²) in [6.07, 6.45) is 3.06. The van der Waals surface area contributed by atoms with Crippen molar-refractivity contribution in [3.8, 4) is 11.3 Å². The first kappa shape index (κ1) is 25.8. The first-order chi connectivity index (χ1) is 18.0. The lowest BCUT2D eigenvalue weighted by Crippen LogP contribution is -2.31. The normalized spacial score (nSPS) is 14.7. The van der Waals surface area contributed by atoms with Crippen molar-refractivity contribution >= 4 is 44.6 Å². The fourth-order valence-corrected chi connectivity index (χ4v) is 6.01. The highest BCUT2D eigenvalue weighted by atomic mass is 35.5. The molecule has 0 spiro atoms. The molecular formula is C29H31ClFN3O2S. The maximum Gasteiger partial charge on any atom is 0.254 e. The van der Waals surface area contributed by atoms with E-state index >= 15 is 0 Å². The number of carbonyl (C=O) groups is 1. The Morgan fingerprint density at radius 1 is 1.08 bits per heavy atom. The lowest BCUT2D eigenvalue weighted by Gasteiger charge is -2.23. The number of furan rings is 1. The second kappa shape index (κ2) is 11.7. The van der Waals surface area contributed by atoms with Gasteiger partial charge in [0, 0.05) is 52.2 Å². The number of hydrogen-bond donors (Lipinski definition) is 1. The van der Waals surface area contributed by atoms with Gasteiger partial charge in [0.25, 0.3) is 5.91 Å². The highest BCUT2D eigenvalue weighted by molar-refractivity contribution is 7.17. The van der Waals surface area contributed by atoms with Crippen LogP contribution in [0.1, 0.15) is 35.4 Å². The van der Waals surface area contributed by atoms with E-state index in [4.69, 9.17) is 16.0 Å². The number of benzene rings is 2. The lowest BCUT2D eigenvalue weighted by molar-refractivity contribution is 0.0951. The van der Waals surface area contributed by atoms with Crippen LogP contribution in [0.5, 0.6) is 0 Å². The van der Waals surface area contributed by atoms with E-state index in [9.17, 15) is 9.18 Å². The molecule has 5 rings (SSSR count). The summed E-state index contributed by atoms with van der Waals surface area (Å²) in [7, 11) is 0. The minimum atomic E-state index is -0.179. The number of amides is 1. The fourth-order valence-electron chi connectivity index (χ4n) is 4.89. The number of thiophene rings is 1. The zero-order chi connectivity index (χ0) is 25.8. The molecule has 0 aliphatic carbocycles. The van der Waals surface area contributed by atoms with Gasteiger partial charge in [0.1, 0.15) is 17.3 Å². The van der Waals surface area contributed by atoms with E-state index in [-0.39, 0.29) is 11.7 Å². The predicted molar refractivity (Wildman–Crippen MR) is 151 cm³/mol. The number of unbranched alkanes of at least 4 members (excludes halogenated alkanes) is 1. The van der Waals surface area contributed by atoms with Crippen LogP contribution >= 0.6 is 22.9 Å². The molecule has 1 amide bonds. The Morgan fingerprint density at radius 3 is 2.76 bits per heavy atom. The van der Waals surface area contributed by atoms with Gasteiger partial charge in [0.15, 0.2) is 0 Å². The molecule has 4 aromatic rings. The number of carbonyl (C=O) groups excluding carboxylic acids is 1. The van der Waals surface area contributed by atoms with Crippen molar-refractivity contribution in [2.45, 2.75) is 26.2 Å². The zero-order valence-corrected chi connectivity index (χ0v) is 22.5. The summed E-state index contributed by atoms with van der Waals surface area (Å²) < 4.78 is 20.4. The van der Waals surface area contributed by atoms with Crippen LogP contribution in [-0.2, 0) is 0 Å². The minimum Gasteiger partial charge on any atom is -0.461 e. The van der Waals surface area contributed by atoms with E-state index in [0.717, 1.165) is 67.6 Å². The van der Waals surface area contributed by atoms with E-state index < -0.39 is 0 Å². The Kier molecular flexibility index (Phi) is 8.13. The second-order valence-electron chi connectivity index (χ2n) is 9.49. The molecule has 0 atom stereocenters. The van der Waals surface area contributed by atoms with Gasteiger partial charge in [-0.1, -0.05) is 11.6 Å². The van der Waals surface area contributed by atoms with E-state index in [1.54, 1.807) is 29.5 Å². The molecule has 3 heterocycles. The summed E-state index contributed by atoms with van der Waals surface area (Å²) >= 11 is 7.58. The number of rotatable bonds is 8. The maximum absolute atomic E-state index is 13.6. The average molecular weight is 540 g/mol. The predicted octanol–water partition coefficient (Wildman–Crippen LogP) is 6.98. The van der Waals surface area contributed by atoms with Crippen LogP contribution in [0.2, 0.25) is 5.02 Å². The number of hydrogen-bond acceptors (Lipinski definition) is 5. The van der Waals surface area contributed by atoms with E-state index in [1.807, 2.05) is 37.3 Å². The highest BCUT2D eigenvalue weighted by Gasteiger charge is 2.19. The third-order valence-corrected chi connectivity index (χ3v) is 8.11. The van der Waals surface area contributed by atoms with Crippen LogP contribution in [0.15, 0.2) is 58.3 Å². The van der Waals surface area contributed by atoms with Gasteiger partial charge in [-0.25, -0.2) is 4.39 Å². The lowest BCUT2D eigenvalue weighted by atomic mass is 10.1. The Hall–Kier alpha value is -2.87. The first-order valence-electron chi connectivity index (χ1n) is 12.8. The largest absolute Gasteiger partial charge is 0.461 e. The van der Waals surface area contributed by atoms with E-state index in [2.05, 4.69) is 20.5 Å². The van der Waals surface area contributed by atoms with Crippen molar-refractivity contribution in [1.29, 1.82) is 0 Å². The molecule has 0 bridgehead atoms. The van der Waals surface area contributed by atoms with E-state index in [0.29, 0.717) is 28.7 Å². The monoisotopic (exact) mass is 539 g/mol. The molecule has 1 N–H and O–H groups in total. The Bertz CT molecular complexity index is 1370. The third kappa shape index (κ3) is 6.17. The molecule has 194 valence electrons. The number of fused-ring (bicyclic) bond motifs is 1. The molecule has 37 heavy (non-hydrogen) atoms. The van der Waals surface area contributed by atoms with Gasteiger partial charge in [-0.15, -0.1) is 11.3 Å². The molecular weight excluding hydrogens is 509 g/mol. The summed E-state index contributed by atoms with van der Waals surface area (Å²) in [5.41, 5.74) is 2.68. The van der Waals surface area contributed by atoms with Crippen molar-refractivity contribution in [2.75, 3.05) is 44.2 Å². The van der Waals surface area contributed by atoms with Gasteiger partial charge in [-0.2, -0.15) is 0 Å². The number of halogens is 2. The summed E-state index contributed by atoms with van der Waals surface area (Å²) in [5.74, 6) is 0.994. The topological polar surface area (TPSA) is 48.7 Å². The van der Waals surface area contributed by atoms with Crippen molar-refractivity contribution in [3.63, 3.8) is 0 Å². The van der Waals surface area contributed by atoms with Crippen molar-refractivity contribution in [1.82, 2.24) is 10.2 Å². The molecule has 8 heteroatoms. The minimum absolute atomic E-state index is 0.102. The van der Waals surface area contributed by atoms with Gasteiger partial charge in [-0.05, 0) is 87.8 Å². The zero-order valence-electron chi connectivity index (χ0n) is 20.9. The molecule has 1 saturated heterocycles. The molecule has 1 aliphatic heterocycles. The highest BCUT2D eigenvalue weighted by Crippen LogP contribution is 2.34. The van der Waals surface area contributed by atoms with Gasteiger partial charge in [0.2, 0.25) is 0 Å². The number of nitrogens with zero attached hydrogens (tertiary/aromatic N) is 2. The SMILES string of the molecule is Cc1oc(-c2ccc(Cl)cc2)cc1C(=O)NCCCCN1CCCN(c2csc3cc(F)ccc23)CC1. The average Bonchev–Trinajstić information content (AvgIpc) is 3.40. The van der Waals surface area contributed by atoms with Gasteiger partial charge < -0.3 is 19.5 Å². The van der Waals surface area contributed by atoms with Gasteiger partial charge in [0.05, 0.1) is 11.3 Å². The standard InChI is InChI=1S/C29H31ClFN3O2S/c1-20-25(18-27(36-20)21-5-7-22(30)8-6-21)29(35)32-11-2-3-12-33-13-4-14-34(16-15-33)26-19-37-28-17-23(31)9-10-24(26)28/h5-10,17-19H,2-4,11-16H2,1H3,(H,32,35). The first-order valence-corrected chi connectivity index (χ1v) is 14.0. The Balaban J connectivity index is 1.06. The van der Waals surface area contributed by atoms with Crippen molar-refractivity contribution in [2.24, 2.45) is 0 Å². The van der Waals surface area contributed by atoms with Crippen LogP contribution in [0.4, 0.5) is 10.1 Å². The van der Waals surface area contributed by atoms with Crippen LogP contribution in [0, 0.1) is 12.7 Å². The molecule has 1 fully saturated rings. The number of nitrogens with one attached hydrogen (secondary N) is 1. The molecule has 0 saturated carbocycles. The molecule has 1 aliphatic rings. The van der Waals surface area contributed by atoms with Gasteiger partial charge in [-0.3, -0.25) is 4.79 Å². The fraction of sp³-hybridized carbons (Fsp3) is 0.345. The molecule has 2 aromatic carbocycles. The van der Waals surface area contributed by atoms with Crippen molar-refractivity contribution < 1.29 is 13.6 Å². The Morgan fingerprint density at radius 2 is 1.92 bits per heavy atom. The molecule has 2 aromatic heterocycles. The van der Waals surface area contributed by atoms with E-state index in [1.165, 1.54) is 5.69 Å². The van der Waals surface area contributed by atoms with Gasteiger partial charge >= 0.3 is 0 Å². The van der Waals surface area contributed by atoms with Crippen LogP contribution in [-0.4, -0.2) is 50.1 Å². The number of aryl methyl sites for hydroxylation is 1. The van der Waals surface area contributed by atoms with Crippen LogP contribution in [0.25, 0.3) is 21.4 Å². The summed E-state index contributed by atoms with van der Waals surface area (Å²) in [6, 6.07) is 14.3. The van der Waals surface area contributed by atoms with Crippen LogP contribution < -0.4 is 10.2 Å².